The van der Waals surface area contributed by atoms with E-state index in [9.17, 15) is 0 Å². The lowest BCUT2D eigenvalue weighted by molar-refractivity contribution is 0.0787. The molecule has 0 unspecified atom stereocenters. The van der Waals surface area contributed by atoms with Gasteiger partial charge in [0.25, 0.3) is 0 Å². The van der Waals surface area contributed by atoms with E-state index in [1.54, 1.807) is 0 Å². The van der Waals surface area contributed by atoms with Crippen LogP contribution in [-0.4, -0.2) is 35.8 Å². The third-order valence-electron chi connectivity index (χ3n) is 2.82. The van der Waals surface area contributed by atoms with Gasteiger partial charge in [-0.1, -0.05) is 13.3 Å². The molecule has 1 aromatic rings. The van der Waals surface area contributed by atoms with E-state index >= 15 is 0 Å². The fourth-order valence-corrected chi connectivity index (χ4v) is 1.71. The fraction of sp³-hybridized carbons (Fsp3) is 0.733. The van der Waals surface area contributed by atoms with Crippen LogP contribution in [0.2, 0.25) is 0 Å². The Bertz CT molecular complexity index is 424. The minimum absolute atomic E-state index is 0.259. The van der Waals surface area contributed by atoms with Gasteiger partial charge in [-0.3, -0.25) is 0 Å². The number of aromatic nitrogens is 2. The van der Waals surface area contributed by atoms with Crippen LogP contribution >= 0.6 is 0 Å². The third-order valence-corrected chi connectivity index (χ3v) is 2.82. The molecule has 0 atom stereocenters. The number of nitrogens with zero attached hydrogens (tertiary/aromatic N) is 2. The minimum Gasteiger partial charge on any atom is -0.476 e. The lowest BCUT2D eigenvalue weighted by Gasteiger charge is -2.13. The molecule has 0 radical (unpaired) electrons. The molecule has 1 heterocycles. The van der Waals surface area contributed by atoms with Gasteiger partial charge in [-0.05, 0) is 33.6 Å². The second-order valence-corrected chi connectivity index (χ2v) is 5.24. The number of nitrogen functional groups attached to an aromatic ring is 1. The molecule has 0 aromatic carbocycles. The van der Waals surface area contributed by atoms with Crippen LogP contribution in [0, 0.1) is 6.92 Å². The van der Waals surface area contributed by atoms with E-state index in [-0.39, 0.29) is 6.10 Å². The Kier molecular flexibility index (Phi) is 7.82. The maximum atomic E-state index is 6.05. The molecular formula is C15H28N4O2. The molecule has 1 rings (SSSR count). The summed E-state index contributed by atoms with van der Waals surface area (Å²) in [4.78, 5) is 8.58. The molecule has 0 saturated carbocycles. The van der Waals surface area contributed by atoms with Crippen molar-refractivity contribution < 1.29 is 9.47 Å². The number of hydrogen-bond donors (Lipinski definition) is 2. The Morgan fingerprint density at radius 3 is 2.62 bits per heavy atom. The van der Waals surface area contributed by atoms with Crippen LogP contribution in [0.1, 0.15) is 45.9 Å². The van der Waals surface area contributed by atoms with Crippen LogP contribution in [0.5, 0.6) is 5.88 Å². The van der Waals surface area contributed by atoms with Gasteiger partial charge in [0.15, 0.2) is 5.82 Å². The van der Waals surface area contributed by atoms with Crippen LogP contribution < -0.4 is 15.8 Å². The third kappa shape index (κ3) is 6.62. The van der Waals surface area contributed by atoms with Gasteiger partial charge in [-0.25, -0.2) is 4.98 Å². The molecule has 0 aliphatic carbocycles. The van der Waals surface area contributed by atoms with Crippen molar-refractivity contribution in [3.8, 4) is 5.88 Å². The Labute approximate surface area is 127 Å². The van der Waals surface area contributed by atoms with Crippen LogP contribution in [0.25, 0.3) is 0 Å². The molecular weight excluding hydrogens is 268 g/mol. The number of rotatable bonds is 10. The van der Waals surface area contributed by atoms with Crippen molar-refractivity contribution in [2.24, 2.45) is 0 Å². The Balaban J connectivity index is 2.52. The second-order valence-electron chi connectivity index (χ2n) is 5.24. The normalized spacial score (nSPS) is 10.9. The highest BCUT2D eigenvalue weighted by atomic mass is 16.5. The van der Waals surface area contributed by atoms with E-state index in [1.165, 1.54) is 0 Å². The minimum atomic E-state index is 0.259. The van der Waals surface area contributed by atoms with E-state index in [0.29, 0.717) is 36.4 Å². The number of hydrogen-bond acceptors (Lipinski definition) is 6. The summed E-state index contributed by atoms with van der Waals surface area (Å²) < 4.78 is 11.1. The zero-order valence-electron chi connectivity index (χ0n) is 13.6. The highest BCUT2D eigenvalue weighted by Crippen LogP contribution is 2.26. The summed E-state index contributed by atoms with van der Waals surface area (Å²) in [6.07, 6.45) is 3.21. The Morgan fingerprint density at radius 2 is 1.95 bits per heavy atom. The summed E-state index contributed by atoms with van der Waals surface area (Å²) in [7, 11) is 0. The van der Waals surface area contributed by atoms with Gasteiger partial charge in [-0.2, -0.15) is 4.98 Å². The van der Waals surface area contributed by atoms with Gasteiger partial charge in [0.2, 0.25) is 5.88 Å². The predicted octanol–water partition coefficient (Wildman–Crippen LogP) is 2.77. The van der Waals surface area contributed by atoms with Crippen molar-refractivity contribution in [1.29, 1.82) is 0 Å². The van der Waals surface area contributed by atoms with Crippen molar-refractivity contribution in [2.45, 2.75) is 53.1 Å². The molecule has 0 aliphatic heterocycles. The predicted molar refractivity (Wildman–Crippen MR) is 85.8 cm³/mol. The topological polar surface area (TPSA) is 82.3 Å². The van der Waals surface area contributed by atoms with Gasteiger partial charge in [0.1, 0.15) is 11.5 Å². The van der Waals surface area contributed by atoms with Crippen LogP contribution in [0.15, 0.2) is 0 Å². The summed E-state index contributed by atoms with van der Waals surface area (Å²) in [5.74, 6) is 1.76. The zero-order chi connectivity index (χ0) is 15.7. The standard InChI is InChI=1S/C15H28N4O2/c1-5-6-9-21-15-13(16)14(18-12(4)19-15)17-8-7-10-20-11(2)3/h11H,5-10,16H2,1-4H3,(H,17,18,19). The molecule has 0 aliphatic rings. The van der Waals surface area contributed by atoms with E-state index in [0.717, 1.165) is 25.8 Å². The summed E-state index contributed by atoms with van der Waals surface area (Å²) in [5, 5.41) is 3.22. The number of ether oxygens (including phenoxy) is 2. The molecule has 120 valence electrons. The summed E-state index contributed by atoms with van der Waals surface area (Å²) in [5.41, 5.74) is 6.53. The smallest absolute Gasteiger partial charge is 0.242 e. The van der Waals surface area contributed by atoms with Crippen molar-refractivity contribution in [2.75, 3.05) is 30.8 Å². The lowest BCUT2D eigenvalue weighted by Crippen LogP contribution is -2.13. The Hall–Kier alpha value is -1.56. The molecule has 0 bridgehead atoms. The van der Waals surface area contributed by atoms with Gasteiger partial charge < -0.3 is 20.5 Å². The van der Waals surface area contributed by atoms with E-state index in [1.807, 2.05) is 20.8 Å². The van der Waals surface area contributed by atoms with Crippen LogP contribution in [-0.2, 0) is 4.74 Å². The van der Waals surface area contributed by atoms with Gasteiger partial charge in [0, 0.05) is 13.2 Å². The molecule has 1 aromatic heterocycles. The molecule has 6 heteroatoms. The Morgan fingerprint density at radius 1 is 1.19 bits per heavy atom. The molecule has 21 heavy (non-hydrogen) atoms. The van der Waals surface area contributed by atoms with E-state index in [2.05, 4.69) is 22.2 Å². The van der Waals surface area contributed by atoms with Crippen LogP contribution in [0.3, 0.4) is 0 Å². The molecule has 0 amide bonds. The molecule has 0 saturated heterocycles. The average molecular weight is 296 g/mol. The maximum absolute atomic E-state index is 6.05. The first-order valence-electron chi connectivity index (χ1n) is 7.67. The summed E-state index contributed by atoms with van der Waals surface area (Å²) in [6.45, 7) is 10.1. The van der Waals surface area contributed by atoms with Gasteiger partial charge >= 0.3 is 0 Å². The first-order chi connectivity index (χ1) is 10.0. The highest BCUT2D eigenvalue weighted by molar-refractivity contribution is 5.66. The van der Waals surface area contributed by atoms with Crippen molar-refractivity contribution in [1.82, 2.24) is 9.97 Å². The summed E-state index contributed by atoms with van der Waals surface area (Å²) >= 11 is 0. The lowest BCUT2D eigenvalue weighted by atomic mass is 10.3. The molecule has 0 spiro atoms. The molecule has 3 N–H and O–H groups in total. The number of nitrogens with two attached hydrogens (primary N) is 1. The quantitative estimate of drug-likeness (QED) is 0.646. The van der Waals surface area contributed by atoms with Crippen molar-refractivity contribution in [3.63, 3.8) is 0 Å². The fourth-order valence-electron chi connectivity index (χ4n) is 1.71. The first-order valence-corrected chi connectivity index (χ1v) is 7.67. The monoisotopic (exact) mass is 296 g/mol. The molecule has 0 fully saturated rings. The van der Waals surface area contributed by atoms with Gasteiger partial charge in [-0.15, -0.1) is 0 Å². The number of aryl methyl sites for hydroxylation is 1. The zero-order valence-corrected chi connectivity index (χ0v) is 13.6. The van der Waals surface area contributed by atoms with Gasteiger partial charge in [0.05, 0.1) is 12.7 Å². The van der Waals surface area contributed by atoms with E-state index < -0.39 is 0 Å². The van der Waals surface area contributed by atoms with Crippen molar-refractivity contribution in [3.05, 3.63) is 5.82 Å². The average Bonchev–Trinajstić information content (AvgIpc) is 2.42. The largest absolute Gasteiger partial charge is 0.476 e. The first kappa shape index (κ1) is 17.5. The van der Waals surface area contributed by atoms with E-state index in [4.69, 9.17) is 15.2 Å². The summed E-state index contributed by atoms with van der Waals surface area (Å²) in [6, 6.07) is 0. The molecule has 6 nitrogen and oxygen atoms in total. The van der Waals surface area contributed by atoms with Crippen LogP contribution in [0.4, 0.5) is 11.5 Å². The van der Waals surface area contributed by atoms with Crippen molar-refractivity contribution >= 4 is 11.5 Å². The number of nitrogens with one attached hydrogen (secondary N) is 1. The number of anilines is 2. The maximum Gasteiger partial charge on any atom is 0.242 e. The highest BCUT2D eigenvalue weighted by Gasteiger charge is 2.11. The second kappa shape index (κ2) is 9.39. The SMILES string of the molecule is CCCCOc1nc(C)nc(NCCCOC(C)C)c1N. The number of unbranched alkanes of at least 4 members (excludes halogenated alkanes) is 1.